The largest absolute Gasteiger partial charge is 0.379 e. The molecule has 1 unspecified atom stereocenters. The number of nitrogens with one attached hydrogen (secondary N) is 1. The molecule has 1 aromatic rings. The van der Waals surface area contributed by atoms with Crippen LogP contribution in [0.1, 0.15) is 24.1 Å². The zero-order valence-corrected chi connectivity index (χ0v) is 14.2. The second-order valence-corrected chi connectivity index (χ2v) is 6.11. The second kappa shape index (κ2) is 8.70. The number of hydrogen-bond donors (Lipinski definition) is 2. The van der Waals surface area contributed by atoms with Crippen molar-refractivity contribution in [2.75, 3.05) is 39.4 Å². The average molecular weight is 316 g/mol. The molecular weight excluding hydrogens is 288 g/mol. The first kappa shape index (κ1) is 17.5. The van der Waals surface area contributed by atoms with Gasteiger partial charge in [0, 0.05) is 19.6 Å². The molecule has 0 saturated carbocycles. The Morgan fingerprint density at radius 2 is 2.17 bits per heavy atom. The monoisotopic (exact) mass is 316 g/mol. The SMILES string of the molecule is C=C(C)CNC(N)=NCC(c1cccc(C)c1)N1CCOCC1. The van der Waals surface area contributed by atoms with E-state index in [0.29, 0.717) is 19.0 Å². The number of morpholine rings is 1. The van der Waals surface area contributed by atoms with E-state index < -0.39 is 0 Å². The van der Waals surface area contributed by atoms with Gasteiger partial charge in [0.05, 0.1) is 25.8 Å². The normalized spacial score (nSPS) is 17.7. The number of nitrogens with zero attached hydrogens (tertiary/aromatic N) is 2. The van der Waals surface area contributed by atoms with Crippen LogP contribution in [-0.4, -0.2) is 50.3 Å². The van der Waals surface area contributed by atoms with Gasteiger partial charge in [-0.2, -0.15) is 0 Å². The maximum Gasteiger partial charge on any atom is 0.188 e. The van der Waals surface area contributed by atoms with Crippen molar-refractivity contribution in [3.05, 3.63) is 47.5 Å². The Kier molecular flexibility index (Phi) is 6.62. The van der Waals surface area contributed by atoms with Crippen LogP contribution in [0.15, 0.2) is 41.4 Å². The lowest BCUT2D eigenvalue weighted by molar-refractivity contribution is 0.0180. The zero-order chi connectivity index (χ0) is 16.7. The summed E-state index contributed by atoms with van der Waals surface area (Å²) < 4.78 is 5.48. The molecule has 1 fully saturated rings. The highest BCUT2D eigenvalue weighted by Gasteiger charge is 2.22. The lowest BCUT2D eigenvalue weighted by atomic mass is 10.0. The smallest absolute Gasteiger partial charge is 0.188 e. The van der Waals surface area contributed by atoms with Crippen LogP contribution < -0.4 is 11.1 Å². The minimum absolute atomic E-state index is 0.226. The minimum Gasteiger partial charge on any atom is -0.379 e. The Balaban J connectivity index is 2.10. The van der Waals surface area contributed by atoms with Crippen molar-refractivity contribution in [3.8, 4) is 0 Å². The number of guanidine groups is 1. The molecule has 23 heavy (non-hydrogen) atoms. The Hall–Kier alpha value is -1.85. The summed E-state index contributed by atoms with van der Waals surface area (Å²) in [5.41, 5.74) is 9.54. The molecule has 3 N–H and O–H groups in total. The molecule has 5 nitrogen and oxygen atoms in total. The van der Waals surface area contributed by atoms with Crippen LogP contribution in [0.25, 0.3) is 0 Å². The number of aliphatic imine (C=N–C) groups is 1. The molecule has 1 aliphatic rings. The molecule has 0 aliphatic carbocycles. The van der Waals surface area contributed by atoms with Crippen molar-refractivity contribution < 1.29 is 4.74 Å². The van der Waals surface area contributed by atoms with E-state index in [9.17, 15) is 0 Å². The van der Waals surface area contributed by atoms with Gasteiger partial charge in [-0.1, -0.05) is 42.0 Å². The van der Waals surface area contributed by atoms with Gasteiger partial charge in [-0.25, -0.2) is 0 Å². The highest BCUT2D eigenvalue weighted by molar-refractivity contribution is 5.78. The number of nitrogens with two attached hydrogens (primary N) is 1. The highest BCUT2D eigenvalue weighted by Crippen LogP contribution is 2.23. The van der Waals surface area contributed by atoms with E-state index >= 15 is 0 Å². The summed E-state index contributed by atoms with van der Waals surface area (Å²) in [6.45, 7) is 12.6. The summed E-state index contributed by atoms with van der Waals surface area (Å²) in [4.78, 5) is 6.96. The summed E-state index contributed by atoms with van der Waals surface area (Å²) in [5.74, 6) is 0.471. The predicted molar refractivity (Wildman–Crippen MR) is 95.6 cm³/mol. The number of benzene rings is 1. The summed E-state index contributed by atoms with van der Waals surface area (Å²) in [7, 11) is 0. The van der Waals surface area contributed by atoms with E-state index in [1.54, 1.807) is 0 Å². The lowest BCUT2D eigenvalue weighted by Gasteiger charge is -2.34. The van der Waals surface area contributed by atoms with Gasteiger partial charge in [0.25, 0.3) is 0 Å². The zero-order valence-electron chi connectivity index (χ0n) is 14.2. The number of aryl methyl sites for hydroxylation is 1. The quantitative estimate of drug-likeness (QED) is 0.478. The molecule has 2 rings (SSSR count). The fourth-order valence-electron chi connectivity index (χ4n) is 2.68. The van der Waals surface area contributed by atoms with E-state index in [0.717, 1.165) is 31.9 Å². The molecule has 1 saturated heterocycles. The van der Waals surface area contributed by atoms with Crippen molar-refractivity contribution >= 4 is 5.96 Å². The molecule has 1 aliphatic heterocycles. The molecule has 0 aromatic heterocycles. The molecule has 0 radical (unpaired) electrons. The Bertz CT molecular complexity index is 550. The van der Waals surface area contributed by atoms with Gasteiger partial charge >= 0.3 is 0 Å². The minimum atomic E-state index is 0.226. The first-order valence-electron chi connectivity index (χ1n) is 8.13. The second-order valence-electron chi connectivity index (χ2n) is 6.11. The van der Waals surface area contributed by atoms with Gasteiger partial charge in [0.15, 0.2) is 5.96 Å². The number of ether oxygens (including phenoxy) is 1. The molecule has 0 amide bonds. The molecular formula is C18H28N4O. The van der Waals surface area contributed by atoms with Crippen molar-refractivity contribution in [2.45, 2.75) is 19.9 Å². The van der Waals surface area contributed by atoms with E-state index in [-0.39, 0.29) is 6.04 Å². The standard InChI is InChI=1S/C18H28N4O/c1-14(2)12-20-18(19)21-13-17(22-7-9-23-10-8-22)16-6-4-5-15(3)11-16/h4-6,11,17H,1,7-10,12-13H2,2-3H3,(H3,19,20,21). The maximum absolute atomic E-state index is 5.96. The van der Waals surface area contributed by atoms with Crippen LogP contribution in [0, 0.1) is 6.92 Å². The number of rotatable bonds is 6. The van der Waals surface area contributed by atoms with Crippen LogP contribution in [0.2, 0.25) is 0 Å². The molecule has 0 bridgehead atoms. The molecule has 0 spiro atoms. The molecule has 1 heterocycles. The van der Waals surface area contributed by atoms with Crippen molar-refractivity contribution in [1.82, 2.24) is 10.2 Å². The third kappa shape index (κ3) is 5.69. The summed E-state index contributed by atoms with van der Waals surface area (Å²) >= 11 is 0. The first-order valence-corrected chi connectivity index (χ1v) is 8.13. The van der Waals surface area contributed by atoms with Crippen molar-refractivity contribution in [1.29, 1.82) is 0 Å². The Morgan fingerprint density at radius 3 is 2.83 bits per heavy atom. The van der Waals surface area contributed by atoms with E-state index in [1.165, 1.54) is 11.1 Å². The predicted octanol–water partition coefficient (Wildman–Crippen LogP) is 1.85. The molecule has 5 heteroatoms. The summed E-state index contributed by atoms with van der Waals surface area (Å²) in [5, 5.41) is 3.09. The first-order chi connectivity index (χ1) is 11.1. The average Bonchev–Trinajstić information content (AvgIpc) is 2.54. The van der Waals surface area contributed by atoms with Crippen LogP contribution in [0.5, 0.6) is 0 Å². The number of hydrogen-bond acceptors (Lipinski definition) is 3. The lowest BCUT2D eigenvalue weighted by Crippen LogP contribution is -2.41. The van der Waals surface area contributed by atoms with Crippen LogP contribution in [0.4, 0.5) is 0 Å². The highest BCUT2D eigenvalue weighted by atomic mass is 16.5. The van der Waals surface area contributed by atoms with Gasteiger partial charge in [0.1, 0.15) is 0 Å². The van der Waals surface area contributed by atoms with Crippen molar-refractivity contribution in [3.63, 3.8) is 0 Å². The fraction of sp³-hybridized carbons (Fsp3) is 0.500. The topological polar surface area (TPSA) is 62.9 Å². The third-order valence-corrected chi connectivity index (χ3v) is 3.92. The van der Waals surface area contributed by atoms with Crippen LogP contribution in [0.3, 0.4) is 0 Å². The van der Waals surface area contributed by atoms with Gasteiger partial charge in [-0.3, -0.25) is 9.89 Å². The van der Waals surface area contributed by atoms with Crippen LogP contribution in [-0.2, 0) is 4.74 Å². The Morgan fingerprint density at radius 1 is 1.43 bits per heavy atom. The van der Waals surface area contributed by atoms with Gasteiger partial charge < -0.3 is 15.8 Å². The van der Waals surface area contributed by atoms with E-state index in [1.807, 2.05) is 6.92 Å². The molecule has 1 atom stereocenters. The molecule has 1 aromatic carbocycles. The van der Waals surface area contributed by atoms with Gasteiger partial charge in [0.2, 0.25) is 0 Å². The fourth-order valence-corrected chi connectivity index (χ4v) is 2.68. The van der Waals surface area contributed by atoms with E-state index in [2.05, 4.69) is 53.0 Å². The van der Waals surface area contributed by atoms with Gasteiger partial charge in [-0.15, -0.1) is 0 Å². The Labute approximate surface area is 139 Å². The van der Waals surface area contributed by atoms with E-state index in [4.69, 9.17) is 10.5 Å². The maximum atomic E-state index is 5.96. The summed E-state index contributed by atoms with van der Waals surface area (Å²) in [6.07, 6.45) is 0. The molecule has 126 valence electrons. The summed E-state index contributed by atoms with van der Waals surface area (Å²) in [6, 6.07) is 8.84. The van der Waals surface area contributed by atoms with Gasteiger partial charge in [-0.05, 0) is 19.4 Å². The van der Waals surface area contributed by atoms with Crippen LogP contribution >= 0.6 is 0 Å². The van der Waals surface area contributed by atoms with Crippen molar-refractivity contribution in [2.24, 2.45) is 10.7 Å². The third-order valence-electron chi connectivity index (χ3n) is 3.92.